The molecule has 10 heteroatoms. The molecule has 0 unspecified atom stereocenters. The van der Waals surface area contributed by atoms with Crippen LogP contribution in [-0.4, -0.2) is 31.2 Å². The average molecular weight is 507 g/mol. The molecule has 0 bridgehead atoms. The maximum absolute atomic E-state index is 13.0. The molecule has 1 aliphatic rings. The van der Waals surface area contributed by atoms with Crippen LogP contribution in [0, 0.1) is 6.92 Å². The second kappa shape index (κ2) is 11.0. The van der Waals surface area contributed by atoms with Crippen molar-refractivity contribution in [3.05, 3.63) is 70.3 Å². The molecular weight excluding hydrogens is 477 g/mol. The molecule has 0 radical (unpaired) electrons. The molecule has 1 aliphatic heterocycles. The lowest BCUT2D eigenvalue weighted by Gasteiger charge is -2.27. The van der Waals surface area contributed by atoms with Crippen molar-refractivity contribution in [2.24, 2.45) is 0 Å². The van der Waals surface area contributed by atoms with Gasteiger partial charge in [-0.1, -0.05) is 28.7 Å². The molecule has 194 valence electrons. The Kier molecular flexibility index (Phi) is 8.97. The van der Waals surface area contributed by atoms with Crippen LogP contribution in [0.25, 0.3) is 0 Å². The Bertz CT molecular complexity index is 975. The predicted octanol–water partition coefficient (Wildman–Crippen LogP) is 6.81. The van der Waals surface area contributed by atoms with Crippen LogP contribution in [0.2, 0.25) is 0 Å². The number of aryl methyl sites for hydroxylation is 1. The van der Waals surface area contributed by atoms with Gasteiger partial charge in [-0.15, -0.1) is 0 Å². The molecular formula is C25H29F7N2O. The van der Waals surface area contributed by atoms with Crippen molar-refractivity contribution in [1.82, 2.24) is 10.4 Å². The fraction of sp³-hybridized carbons (Fsp3) is 0.480. The van der Waals surface area contributed by atoms with E-state index in [1.807, 2.05) is 0 Å². The minimum absolute atomic E-state index is 0.0524. The van der Waals surface area contributed by atoms with E-state index in [1.54, 1.807) is 0 Å². The Morgan fingerprint density at radius 1 is 0.943 bits per heavy atom. The smallest absolute Gasteiger partial charge is 0.316 e. The highest BCUT2D eigenvalue weighted by molar-refractivity contribution is 5.86. The summed E-state index contributed by atoms with van der Waals surface area (Å²) in [5.41, 5.74) is -2.61. The lowest BCUT2D eigenvalue weighted by molar-refractivity contribution is -0.149. The maximum Gasteiger partial charge on any atom is 0.416 e. The summed E-state index contributed by atoms with van der Waals surface area (Å²) in [4.78, 5) is 11.7. The number of hydrogen-bond acceptors (Lipinski definition) is 2. The second-order valence-electron chi connectivity index (χ2n) is 9.10. The van der Waals surface area contributed by atoms with Crippen molar-refractivity contribution in [3.63, 3.8) is 0 Å². The second-order valence-corrected chi connectivity index (χ2v) is 9.10. The van der Waals surface area contributed by atoms with Gasteiger partial charge in [0, 0.05) is 13.6 Å². The summed E-state index contributed by atoms with van der Waals surface area (Å²) < 4.78 is 89.5. The standard InChI is InChI=1S/C13H12F7NO.C12H17N/c1-11(2,10(22)21(3)20)7-4-8(12(14,15)16)6-9(5-7)13(17,18)19;1-10-5-2-3-7-12(10)11-6-4-8-13-9-11/h4-6H,1-3H3;2-3,5,7,11,13H,4,6,8-9H2,1H3/t;11-/m.1/s1. The highest BCUT2D eigenvalue weighted by atomic mass is 19.4. The maximum atomic E-state index is 13.0. The highest BCUT2D eigenvalue weighted by Gasteiger charge is 2.41. The Balaban J connectivity index is 0.000000279. The predicted molar refractivity (Wildman–Crippen MR) is 119 cm³/mol. The van der Waals surface area contributed by atoms with Crippen LogP contribution in [0.15, 0.2) is 42.5 Å². The normalized spacial score (nSPS) is 16.8. The number of nitrogens with zero attached hydrogens (tertiary/aromatic N) is 1. The molecule has 0 saturated carbocycles. The molecule has 2 aromatic rings. The van der Waals surface area contributed by atoms with E-state index in [4.69, 9.17) is 0 Å². The van der Waals surface area contributed by atoms with Gasteiger partial charge < -0.3 is 5.32 Å². The Labute approximate surface area is 200 Å². The van der Waals surface area contributed by atoms with Crippen LogP contribution in [-0.2, 0) is 22.6 Å². The number of carbonyl (C=O) groups excluding carboxylic acids is 1. The van der Waals surface area contributed by atoms with Gasteiger partial charge in [-0.05, 0) is 81.0 Å². The number of rotatable bonds is 3. The topological polar surface area (TPSA) is 32.3 Å². The number of piperidine rings is 1. The number of halogens is 7. The highest BCUT2D eigenvalue weighted by Crippen LogP contribution is 2.39. The largest absolute Gasteiger partial charge is 0.416 e. The number of carbonyl (C=O) groups is 1. The lowest BCUT2D eigenvalue weighted by atomic mass is 9.82. The summed E-state index contributed by atoms with van der Waals surface area (Å²) in [6.07, 6.45) is -7.40. The van der Waals surface area contributed by atoms with Crippen LogP contribution in [0.1, 0.15) is 60.4 Å². The van der Waals surface area contributed by atoms with Crippen LogP contribution >= 0.6 is 0 Å². The molecule has 1 saturated heterocycles. The summed E-state index contributed by atoms with van der Waals surface area (Å²) in [7, 11) is 0.711. The number of nitrogens with one attached hydrogen (secondary N) is 1. The molecule has 1 heterocycles. The van der Waals surface area contributed by atoms with E-state index < -0.39 is 40.4 Å². The van der Waals surface area contributed by atoms with Gasteiger partial charge in [-0.2, -0.15) is 31.5 Å². The Hall–Kier alpha value is -2.62. The van der Waals surface area contributed by atoms with Gasteiger partial charge in [0.15, 0.2) is 0 Å². The number of amides is 1. The Morgan fingerprint density at radius 2 is 1.46 bits per heavy atom. The van der Waals surface area contributed by atoms with Crippen LogP contribution in [0.4, 0.5) is 30.8 Å². The molecule has 3 nitrogen and oxygen atoms in total. The van der Waals surface area contributed by atoms with Gasteiger partial charge in [-0.25, -0.2) is 0 Å². The van der Waals surface area contributed by atoms with Crippen LogP contribution in [0.3, 0.4) is 0 Å². The van der Waals surface area contributed by atoms with Gasteiger partial charge in [-0.3, -0.25) is 4.79 Å². The van der Waals surface area contributed by atoms with E-state index in [0.717, 1.165) is 26.3 Å². The number of hydrogen-bond donors (Lipinski definition) is 1. The molecule has 2 aromatic carbocycles. The molecule has 0 aromatic heterocycles. The molecule has 1 N–H and O–H groups in total. The first-order chi connectivity index (χ1) is 16.0. The van der Waals surface area contributed by atoms with Gasteiger partial charge >= 0.3 is 12.4 Å². The molecule has 3 rings (SSSR count). The molecule has 0 aliphatic carbocycles. The van der Waals surface area contributed by atoms with Gasteiger partial charge in [0.2, 0.25) is 0 Å². The van der Waals surface area contributed by atoms with E-state index in [2.05, 4.69) is 36.5 Å². The van der Waals surface area contributed by atoms with E-state index in [-0.39, 0.29) is 11.2 Å². The third-order valence-corrected chi connectivity index (χ3v) is 6.05. The number of benzene rings is 2. The van der Waals surface area contributed by atoms with E-state index in [1.165, 1.54) is 30.5 Å². The lowest BCUT2D eigenvalue weighted by Crippen LogP contribution is -2.37. The van der Waals surface area contributed by atoms with E-state index in [0.29, 0.717) is 19.2 Å². The third-order valence-electron chi connectivity index (χ3n) is 6.05. The first-order valence-corrected chi connectivity index (χ1v) is 11.0. The van der Waals surface area contributed by atoms with Crippen molar-refractivity contribution in [1.29, 1.82) is 0 Å². The summed E-state index contributed by atoms with van der Waals surface area (Å²) in [5, 5.41) is 3.08. The summed E-state index contributed by atoms with van der Waals surface area (Å²) >= 11 is 0. The zero-order valence-corrected chi connectivity index (χ0v) is 19.9. The SMILES string of the molecule is CN(F)C(=O)C(C)(C)c1cc(C(F)(F)F)cc(C(F)(F)F)c1.Cc1ccccc1[C@@H]1CCCNC1. The summed E-state index contributed by atoms with van der Waals surface area (Å²) in [5.74, 6) is -0.519. The van der Waals surface area contributed by atoms with Crippen LogP contribution in [0.5, 0.6) is 0 Å². The van der Waals surface area contributed by atoms with Crippen molar-refractivity contribution in [3.8, 4) is 0 Å². The monoisotopic (exact) mass is 506 g/mol. The van der Waals surface area contributed by atoms with Crippen LogP contribution < -0.4 is 5.32 Å². The zero-order valence-electron chi connectivity index (χ0n) is 19.9. The zero-order chi connectivity index (χ0) is 26.6. The molecule has 1 amide bonds. The third kappa shape index (κ3) is 7.43. The number of likely N-dealkylation sites (N-methyl/N-ethyl adjacent to an activating group) is 1. The fourth-order valence-corrected chi connectivity index (χ4v) is 3.99. The summed E-state index contributed by atoms with van der Waals surface area (Å²) in [6.45, 7) is 6.65. The van der Waals surface area contributed by atoms with Crippen molar-refractivity contribution in [2.75, 3.05) is 20.1 Å². The van der Waals surface area contributed by atoms with Crippen molar-refractivity contribution < 1.29 is 35.6 Å². The van der Waals surface area contributed by atoms with Crippen molar-refractivity contribution in [2.45, 2.75) is 57.3 Å². The molecule has 1 atom stereocenters. The first kappa shape index (κ1) is 28.6. The van der Waals surface area contributed by atoms with Crippen molar-refractivity contribution >= 4 is 5.91 Å². The van der Waals surface area contributed by atoms with E-state index in [9.17, 15) is 35.6 Å². The Morgan fingerprint density at radius 3 is 1.89 bits per heavy atom. The van der Waals surface area contributed by atoms with Gasteiger partial charge in [0.1, 0.15) is 0 Å². The van der Waals surface area contributed by atoms with Gasteiger partial charge in [0.25, 0.3) is 5.91 Å². The molecule has 0 spiro atoms. The quantitative estimate of drug-likeness (QED) is 0.367. The minimum Gasteiger partial charge on any atom is -0.316 e. The number of alkyl halides is 6. The van der Waals surface area contributed by atoms with Gasteiger partial charge in [0.05, 0.1) is 16.5 Å². The van der Waals surface area contributed by atoms with E-state index >= 15 is 0 Å². The average Bonchev–Trinajstić information content (AvgIpc) is 2.78. The molecule has 1 fully saturated rings. The fourth-order valence-electron chi connectivity index (χ4n) is 3.99. The molecule has 35 heavy (non-hydrogen) atoms. The minimum atomic E-state index is -5.03. The first-order valence-electron chi connectivity index (χ1n) is 11.0. The summed E-state index contributed by atoms with van der Waals surface area (Å²) in [6, 6.07) is 9.53.